The summed E-state index contributed by atoms with van der Waals surface area (Å²) in [5.41, 5.74) is -1.70. The molecule has 1 spiro atoms. The highest BCUT2D eigenvalue weighted by molar-refractivity contribution is 6.30. The Kier molecular flexibility index (Phi) is 6.05. The molecule has 178 valence electrons. The third-order valence-corrected chi connectivity index (χ3v) is 7.84. The van der Waals surface area contributed by atoms with E-state index in [-0.39, 0.29) is 37.9 Å². The minimum Gasteiger partial charge on any atom is -0.481 e. The van der Waals surface area contributed by atoms with Crippen LogP contribution in [-0.2, 0) is 19.1 Å². The van der Waals surface area contributed by atoms with E-state index < -0.39 is 41.0 Å². The number of ether oxygens (including phenoxy) is 1. The van der Waals surface area contributed by atoms with Gasteiger partial charge in [-0.15, -0.1) is 6.58 Å². The molecule has 0 saturated carbocycles. The second-order valence-corrected chi connectivity index (χ2v) is 9.80. The molecule has 8 nitrogen and oxygen atoms in total. The molecule has 6 atom stereocenters. The SMILES string of the molecule is C=CCN(C(=O)C1N(CCCO)C(=O)[C@@H]2[C@@H](C(=O)O)[C@]3(C)OC12CC3C)c1ccc(Cl)cc1. The van der Waals surface area contributed by atoms with Crippen molar-refractivity contribution in [3.63, 3.8) is 0 Å². The fourth-order valence-corrected chi connectivity index (χ4v) is 6.22. The average Bonchev–Trinajstić information content (AvgIpc) is 3.27. The van der Waals surface area contributed by atoms with Crippen LogP contribution in [0.2, 0.25) is 5.02 Å². The number of nitrogens with zero attached hydrogens (tertiary/aromatic N) is 2. The zero-order valence-corrected chi connectivity index (χ0v) is 19.5. The Morgan fingerprint density at radius 3 is 2.61 bits per heavy atom. The number of anilines is 1. The highest BCUT2D eigenvalue weighted by Crippen LogP contribution is 2.65. The molecule has 4 rings (SSSR count). The van der Waals surface area contributed by atoms with Gasteiger partial charge >= 0.3 is 5.97 Å². The van der Waals surface area contributed by atoms with Gasteiger partial charge < -0.3 is 24.7 Å². The first-order valence-corrected chi connectivity index (χ1v) is 11.5. The van der Waals surface area contributed by atoms with E-state index in [2.05, 4.69) is 6.58 Å². The number of fused-ring (bicyclic) bond motifs is 1. The predicted molar refractivity (Wildman–Crippen MR) is 122 cm³/mol. The van der Waals surface area contributed by atoms with Gasteiger partial charge in [-0.3, -0.25) is 14.4 Å². The van der Waals surface area contributed by atoms with Crippen molar-refractivity contribution in [3.8, 4) is 0 Å². The van der Waals surface area contributed by atoms with Crippen molar-refractivity contribution < 1.29 is 29.3 Å². The van der Waals surface area contributed by atoms with Crippen LogP contribution in [0.1, 0.15) is 26.7 Å². The molecule has 33 heavy (non-hydrogen) atoms. The quantitative estimate of drug-likeness (QED) is 0.558. The lowest BCUT2D eigenvalue weighted by Gasteiger charge is -2.37. The van der Waals surface area contributed by atoms with Crippen LogP contribution >= 0.6 is 11.6 Å². The topological polar surface area (TPSA) is 107 Å². The van der Waals surface area contributed by atoms with Gasteiger partial charge in [0.1, 0.15) is 17.6 Å². The maximum Gasteiger partial charge on any atom is 0.310 e. The number of rotatable bonds is 8. The van der Waals surface area contributed by atoms with Crippen LogP contribution in [0.5, 0.6) is 0 Å². The monoisotopic (exact) mass is 476 g/mol. The lowest BCUT2D eigenvalue weighted by molar-refractivity contribution is -0.156. The Morgan fingerprint density at radius 2 is 2.03 bits per heavy atom. The molecule has 1 aromatic carbocycles. The minimum absolute atomic E-state index is 0.132. The number of hydrogen-bond donors (Lipinski definition) is 2. The van der Waals surface area contributed by atoms with Crippen LogP contribution < -0.4 is 4.90 Å². The Morgan fingerprint density at radius 1 is 1.36 bits per heavy atom. The standard InChI is InChI=1S/C24H29ClN2O6/c1-4-10-26(16-8-6-15(25)7-9-16)21(30)19-24-13-14(2)23(3,33-24)18(22(31)32)17(24)20(29)27(19)11-5-12-28/h4,6-9,14,17-19,28H,1,5,10-13H2,2-3H3,(H,31,32)/t14?,17-,18-,19?,23+,24?/m0/s1. The number of amides is 2. The molecule has 0 radical (unpaired) electrons. The Bertz CT molecular complexity index is 984. The fraction of sp³-hybridized carbons (Fsp3) is 0.542. The van der Waals surface area contributed by atoms with E-state index in [1.165, 1.54) is 9.80 Å². The second kappa shape index (κ2) is 8.42. The number of likely N-dealkylation sites (tertiary alicyclic amines) is 1. The van der Waals surface area contributed by atoms with Gasteiger partial charge in [0.25, 0.3) is 5.91 Å². The van der Waals surface area contributed by atoms with Crippen LogP contribution in [0.25, 0.3) is 0 Å². The number of hydrogen-bond acceptors (Lipinski definition) is 5. The molecular weight excluding hydrogens is 448 g/mol. The lowest BCUT2D eigenvalue weighted by atomic mass is 9.62. The number of carboxylic acids is 1. The van der Waals surface area contributed by atoms with Crippen LogP contribution in [0.4, 0.5) is 5.69 Å². The van der Waals surface area contributed by atoms with Gasteiger partial charge in [0, 0.05) is 30.4 Å². The summed E-state index contributed by atoms with van der Waals surface area (Å²) in [5, 5.41) is 20.0. The van der Waals surface area contributed by atoms with Gasteiger partial charge in [-0.05, 0) is 49.9 Å². The van der Waals surface area contributed by atoms with Crippen molar-refractivity contribution in [2.45, 2.75) is 43.9 Å². The third-order valence-electron chi connectivity index (χ3n) is 7.59. The van der Waals surface area contributed by atoms with Crippen molar-refractivity contribution in [3.05, 3.63) is 41.9 Å². The number of aliphatic hydroxyl groups is 1. The third kappa shape index (κ3) is 3.38. The summed E-state index contributed by atoms with van der Waals surface area (Å²) in [6.45, 7) is 7.57. The van der Waals surface area contributed by atoms with E-state index in [4.69, 9.17) is 16.3 Å². The van der Waals surface area contributed by atoms with E-state index in [1.54, 1.807) is 37.3 Å². The van der Waals surface area contributed by atoms with Crippen molar-refractivity contribution in [1.82, 2.24) is 4.90 Å². The number of aliphatic hydroxyl groups excluding tert-OH is 1. The van der Waals surface area contributed by atoms with Crippen molar-refractivity contribution >= 4 is 35.1 Å². The summed E-state index contributed by atoms with van der Waals surface area (Å²) in [7, 11) is 0. The van der Waals surface area contributed by atoms with Gasteiger partial charge in [0.15, 0.2) is 0 Å². The Balaban J connectivity index is 1.82. The van der Waals surface area contributed by atoms with E-state index in [9.17, 15) is 24.6 Å². The lowest BCUT2D eigenvalue weighted by Crippen LogP contribution is -2.57. The summed E-state index contributed by atoms with van der Waals surface area (Å²) in [6, 6.07) is 5.76. The zero-order valence-electron chi connectivity index (χ0n) is 18.7. The smallest absolute Gasteiger partial charge is 0.310 e. The van der Waals surface area contributed by atoms with Gasteiger partial charge in [-0.1, -0.05) is 24.6 Å². The second-order valence-electron chi connectivity index (χ2n) is 9.36. The summed E-state index contributed by atoms with van der Waals surface area (Å²) < 4.78 is 6.45. The molecule has 1 aromatic rings. The molecular formula is C24H29ClN2O6. The molecule has 0 aliphatic carbocycles. The first-order chi connectivity index (χ1) is 15.6. The molecule has 3 aliphatic rings. The first-order valence-electron chi connectivity index (χ1n) is 11.1. The molecule has 2 N–H and O–H groups in total. The normalized spacial score (nSPS) is 34.4. The molecule has 2 bridgehead atoms. The van der Waals surface area contributed by atoms with Crippen LogP contribution in [0.15, 0.2) is 36.9 Å². The van der Waals surface area contributed by atoms with E-state index in [0.717, 1.165) is 0 Å². The maximum atomic E-state index is 14.1. The van der Waals surface area contributed by atoms with Crippen LogP contribution in [0.3, 0.4) is 0 Å². The molecule has 9 heteroatoms. The number of carbonyl (C=O) groups excluding carboxylic acids is 2. The zero-order chi connectivity index (χ0) is 24.1. The van der Waals surface area contributed by atoms with E-state index in [0.29, 0.717) is 17.1 Å². The Labute approximate surface area is 197 Å². The predicted octanol–water partition coefficient (Wildman–Crippen LogP) is 2.34. The largest absolute Gasteiger partial charge is 0.481 e. The summed E-state index contributed by atoms with van der Waals surface area (Å²) in [6.07, 6.45) is 2.26. The molecule has 3 saturated heterocycles. The first kappa shape index (κ1) is 23.7. The molecule has 0 aromatic heterocycles. The molecule has 3 fully saturated rings. The van der Waals surface area contributed by atoms with Crippen molar-refractivity contribution in [1.29, 1.82) is 0 Å². The molecule has 2 amide bonds. The van der Waals surface area contributed by atoms with E-state index in [1.807, 2.05) is 6.92 Å². The maximum absolute atomic E-state index is 14.1. The van der Waals surface area contributed by atoms with Gasteiger partial charge in [-0.2, -0.15) is 0 Å². The summed E-state index contributed by atoms with van der Waals surface area (Å²) >= 11 is 6.02. The number of aliphatic carboxylic acids is 1. The number of benzene rings is 1. The average molecular weight is 477 g/mol. The number of halogens is 1. The van der Waals surface area contributed by atoms with Gasteiger partial charge in [0.05, 0.1) is 11.5 Å². The highest BCUT2D eigenvalue weighted by Gasteiger charge is 2.80. The summed E-state index contributed by atoms with van der Waals surface area (Å²) in [5.74, 6) is -4.03. The van der Waals surface area contributed by atoms with Gasteiger partial charge in [-0.25, -0.2) is 0 Å². The van der Waals surface area contributed by atoms with Gasteiger partial charge in [0.2, 0.25) is 5.91 Å². The van der Waals surface area contributed by atoms with Crippen LogP contribution in [0, 0.1) is 17.8 Å². The molecule has 3 aliphatic heterocycles. The Hall–Kier alpha value is -2.42. The van der Waals surface area contributed by atoms with Crippen molar-refractivity contribution in [2.24, 2.45) is 17.8 Å². The highest BCUT2D eigenvalue weighted by atomic mass is 35.5. The fourth-order valence-electron chi connectivity index (χ4n) is 6.10. The van der Waals surface area contributed by atoms with Crippen molar-refractivity contribution in [2.75, 3.05) is 24.6 Å². The molecule has 3 unspecified atom stereocenters. The molecule has 3 heterocycles. The van der Waals surface area contributed by atoms with E-state index >= 15 is 0 Å². The number of carbonyl (C=O) groups is 3. The number of carboxylic acid groups (broad SMARTS) is 1. The van der Waals surface area contributed by atoms with Crippen LogP contribution in [-0.4, -0.2) is 69.8 Å². The summed E-state index contributed by atoms with van der Waals surface area (Å²) in [4.78, 5) is 43.0. The minimum atomic E-state index is -1.24.